The monoisotopic (exact) mass is 424 g/mol. The Bertz CT molecular complexity index is 1380. The highest BCUT2D eigenvalue weighted by Crippen LogP contribution is 2.52. The van der Waals surface area contributed by atoms with E-state index in [0.717, 1.165) is 33.2 Å². The predicted molar refractivity (Wildman–Crippen MR) is 127 cm³/mol. The molecule has 0 radical (unpaired) electrons. The zero-order valence-corrected chi connectivity index (χ0v) is 17.9. The molecule has 0 saturated heterocycles. The van der Waals surface area contributed by atoms with Gasteiger partial charge in [0.15, 0.2) is 0 Å². The van der Waals surface area contributed by atoms with E-state index < -0.39 is 5.92 Å². The average Bonchev–Trinajstić information content (AvgIpc) is 3.19. The smallest absolute Gasteiger partial charge is 0.123 e. The third-order valence-corrected chi connectivity index (χ3v) is 6.52. The Morgan fingerprint density at radius 2 is 1.44 bits per heavy atom. The van der Waals surface area contributed by atoms with Crippen molar-refractivity contribution in [1.82, 2.24) is 0 Å². The van der Waals surface area contributed by atoms with Crippen molar-refractivity contribution in [1.29, 1.82) is 0 Å². The van der Waals surface area contributed by atoms with Crippen LogP contribution in [-0.4, -0.2) is 20.4 Å². The summed E-state index contributed by atoms with van der Waals surface area (Å²) in [6.07, 6.45) is 4.01. The zero-order valence-electron chi connectivity index (χ0n) is 17.9. The summed E-state index contributed by atoms with van der Waals surface area (Å²) in [5.41, 5.74) is 4.65. The first-order valence-electron chi connectivity index (χ1n) is 10.6. The minimum Gasteiger partial charge on any atom is -0.508 e. The lowest BCUT2D eigenvalue weighted by Gasteiger charge is -2.28. The molecule has 0 aliphatic heterocycles. The van der Waals surface area contributed by atoms with E-state index in [1.54, 1.807) is 30.3 Å². The number of phenolic OH excluding ortho intramolecular Hbond substituents is 4. The number of benzene rings is 4. The molecular formula is C28H24O4. The molecule has 0 heterocycles. The maximum Gasteiger partial charge on any atom is 0.123 e. The highest BCUT2D eigenvalue weighted by Gasteiger charge is 2.34. The standard InChI is InChI=1S/C28H24O4/c1-15-13-19(14-16(2)28(15)32)25(20-11-9-17-5-3-7-21(29)24(17)20)27-23(31)12-10-18-6-4-8-22(30)26(18)27/h3-14,20,25,29-32H,1-2H3. The lowest BCUT2D eigenvalue weighted by molar-refractivity contribution is 0.452. The fourth-order valence-electron chi connectivity index (χ4n) is 5.07. The molecule has 0 fully saturated rings. The molecule has 2 atom stereocenters. The highest BCUT2D eigenvalue weighted by atomic mass is 16.3. The summed E-state index contributed by atoms with van der Waals surface area (Å²) in [5, 5.41) is 44.4. The van der Waals surface area contributed by atoms with Crippen molar-refractivity contribution in [2.75, 3.05) is 0 Å². The lowest BCUT2D eigenvalue weighted by atomic mass is 9.75. The largest absolute Gasteiger partial charge is 0.508 e. The molecule has 4 heteroatoms. The van der Waals surface area contributed by atoms with Gasteiger partial charge in [0, 0.05) is 28.3 Å². The summed E-state index contributed by atoms with van der Waals surface area (Å²) in [5.74, 6) is -0.0856. The van der Waals surface area contributed by atoms with E-state index >= 15 is 0 Å². The van der Waals surface area contributed by atoms with Gasteiger partial charge in [0.2, 0.25) is 0 Å². The predicted octanol–water partition coefficient (Wildman–Crippen LogP) is 6.22. The van der Waals surface area contributed by atoms with Gasteiger partial charge in [0.05, 0.1) is 0 Å². The van der Waals surface area contributed by atoms with E-state index in [1.165, 1.54) is 0 Å². The number of allylic oxidation sites excluding steroid dienone is 1. The van der Waals surface area contributed by atoms with Gasteiger partial charge < -0.3 is 20.4 Å². The molecule has 0 saturated carbocycles. The van der Waals surface area contributed by atoms with Gasteiger partial charge in [0.1, 0.15) is 23.0 Å². The van der Waals surface area contributed by atoms with Crippen molar-refractivity contribution >= 4 is 16.8 Å². The van der Waals surface area contributed by atoms with E-state index in [2.05, 4.69) is 0 Å². The minimum atomic E-state index is -0.407. The van der Waals surface area contributed by atoms with E-state index in [1.807, 2.05) is 56.3 Å². The molecular weight excluding hydrogens is 400 g/mol. The SMILES string of the molecule is Cc1cc(C(c2c(O)ccc3cccc(O)c23)C2C=Cc3cccc(O)c32)cc(C)c1O. The number of fused-ring (bicyclic) bond motifs is 2. The first-order valence-corrected chi connectivity index (χ1v) is 10.6. The molecule has 4 nitrogen and oxygen atoms in total. The number of hydrogen-bond donors (Lipinski definition) is 4. The Kier molecular flexibility index (Phi) is 4.59. The van der Waals surface area contributed by atoms with Crippen LogP contribution < -0.4 is 0 Å². The summed E-state index contributed by atoms with van der Waals surface area (Å²) in [6.45, 7) is 3.69. The molecule has 4 aromatic carbocycles. The zero-order chi connectivity index (χ0) is 22.6. The first kappa shape index (κ1) is 20.0. The van der Waals surface area contributed by atoms with Crippen LogP contribution in [0.15, 0.2) is 66.7 Å². The fourth-order valence-corrected chi connectivity index (χ4v) is 5.07. The van der Waals surface area contributed by atoms with Crippen LogP contribution in [-0.2, 0) is 0 Å². The minimum absolute atomic E-state index is 0.0738. The van der Waals surface area contributed by atoms with Crippen molar-refractivity contribution in [3.05, 3.63) is 100 Å². The van der Waals surface area contributed by atoms with Gasteiger partial charge in [-0.15, -0.1) is 0 Å². The Morgan fingerprint density at radius 1 is 0.750 bits per heavy atom. The second-order valence-corrected chi connectivity index (χ2v) is 8.52. The molecule has 0 aromatic heterocycles. The molecule has 4 aromatic rings. The topological polar surface area (TPSA) is 80.9 Å². The van der Waals surface area contributed by atoms with Gasteiger partial charge in [-0.05, 0) is 59.7 Å². The molecule has 2 unspecified atom stereocenters. The van der Waals surface area contributed by atoms with Gasteiger partial charge in [-0.25, -0.2) is 0 Å². The summed E-state index contributed by atoms with van der Waals surface area (Å²) in [7, 11) is 0. The van der Waals surface area contributed by atoms with E-state index in [9.17, 15) is 20.4 Å². The fraction of sp³-hybridized carbons (Fsp3) is 0.143. The Balaban J connectivity index is 1.86. The van der Waals surface area contributed by atoms with Gasteiger partial charge in [-0.2, -0.15) is 0 Å². The van der Waals surface area contributed by atoms with Crippen LogP contribution in [0, 0.1) is 13.8 Å². The van der Waals surface area contributed by atoms with E-state index in [0.29, 0.717) is 10.9 Å². The maximum absolute atomic E-state index is 11.1. The third kappa shape index (κ3) is 2.99. The molecule has 0 bridgehead atoms. The number of rotatable bonds is 3. The molecule has 160 valence electrons. The summed E-state index contributed by atoms with van der Waals surface area (Å²) in [4.78, 5) is 0. The lowest BCUT2D eigenvalue weighted by Crippen LogP contribution is -2.12. The van der Waals surface area contributed by atoms with E-state index in [-0.39, 0.29) is 28.9 Å². The van der Waals surface area contributed by atoms with Gasteiger partial charge >= 0.3 is 0 Å². The van der Waals surface area contributed by atoms with Crippen LogP contribution in [0.4, 0.5) is 0 Å². The van der Waals surface area contributed by atoms with Crippen molar-refractivity contribution < 1.29 is 20.4 Å². The first-order chi connectivity index (χ1) is 15.4. The van der Waals surface area contributed by atoms with Crippen molar-refractivity contribution in [2.45, 2.75) is 25.7 Å². The molecule has 1 aliphatic rings. The molecule has 4 N–H and O–H groups in total. The molecule has 32 heavy (non-hydrogen) atoms. The number of phenols is 4. The molecule has 0 spiro atoms. The maximum atomic E-state index is 11.1. The van der Waals surface area contributed by atoms with Crippen LogP contribution in [0.5, 0.6) is 23.0 Å². The molecule has 0 amide bonds. The summed E-state index contributed by atoms with van der Waals surface area (Å²) < 4.78 is 0. The van der Waals surface area contributed by atoms with Gasteiger partial charge in [-0.1, -0.05) is 54.6 Å². The van der Waals surface area contributed by atoms with Crippen LogP contribution in [0.2, 0.25) is 0 Å². The van der Waals surface area contributed by atoms with Crippen LogP contribution in [0.3, 0.4) is 0 Å². The quantitative estimate of drug-likeness (QED) is 0.315. The molecule has 5 rings (SSSR count). The summed E-state index contributed by atoms with van der Waals surface area (Å²) in [6, 6.07) is 18.0. The third-order valence-electron chi connectivity index (χ3n) is 6.52. The molecule has 1 aliphatic carbocycles. The van der Waals surface area contributed by atoms with Crippen molar-refractivity contribution in [3.63, 3.8) is 0 Å². The second-order valence-electron chi connectivity index (χ2n) is 8.52. The summed E-state index contributed by atoms with van der Waals surface area (Å²) >= 11 is 0. The Hall–Kier alpha value is -3.92. The normalized spacial score (nSPS) is 15.8. The van der Waals surface area contributed by atoms with Crippen molar-refractivity contribution in [3.8, 4) is 23.0 Å². The highest BCUT2D eigenvalue weighted by molar-refractivity contribution is 5.94. The number of hydrogen-bond acceptors (Lipinski definition) is 4. The second kappa shape index (κ2) is 7.34. The number of aryl methyl sites for hydroxylation is 2. The van der Waals surface area contributed by atoms with Gasteiger partial charge in [0.25, 0.3) is 0 Å². The average molecular weight is 424 g/mol. The van der Waals surface area contributed by atoms with Crippen LogP contribution >= 0.6 is 0 Å². The van der Waals surface area contributed by atoms with Crippen molar-refractivity contribution in [2.24, 2.45) is 0 Å². The van der Waals surface area contributed by atoms with Crippen LogP contribution in [0.25, 0.3) is 16.8 Å². The van der Waals surface area contributed by atoms with Gasteiger partial charge in [-0.3, -0.25) is 0 Å². The van der Waals surface area contributed by atoms with Crippen LogP contribution in [0.1, 0.15) is 45.2 Å². The van der Waals surface area contributed by atoms with E-state index in [4.69, 9.17) is 0 Å². The number of aromatic hydroxyl groups is 4. The Morgan fingerprint density at radius 3 is 2.19 bits per heavy atom. The Labute approximate surface area is 186 Å².